The number of unbranched alkanes of at least 4 members (excludes halogenated alkanes) is 1. The molecule has 1 heteroatoms. The highest BCUT2D eigenvalue weighted by Gasteiger charge is 2.18. The Morgan fingerprint density at radius 3 is 2.54 bits per heavy atom. The molecule has 0 N–H and O–H groups in total. The second-order valence-electron chi connectivity index (χ2n) is 3.96. The van der Waals surface area contributed by atoms with Gasteiger partial charge < -0.3 is 0 Å². The zero-order chi connectivity index (χ0) is 9.52. The molecule has 0 heterocycles. The van der Waals surface area contributed by atoms with Gasteiger partial charge in [-0.15, -0.1) is 0 Å². The Balaban J connectivity index is 2.22. The molecule has 0 saturated heterocycles. The summed E-state index contributed by atoms with van der Waals surface area (Å²) in [7, 11) is 0. The lowest BCUT2D eigenvalue weighted by Crippen LogP contribution is -2.11. The molecule has 1 rings (SSSR count). The van der Waals surface area contributed by atoms with Crippen LogP contribution >= 0.6 is 0 Å². The van der Waals surface area contributed by atoms with Gasteiger partial charge in [0.05, 0.1) is 6.07 Å². The smallest absolute Gasteiger partial charge is 0.0655 e. The van der Waals surface area contributed by atoms with Gasteiger partial charge in [0, 0.05) is 5.92 Å². The van der Waals surface area contributed by atoms with Crippen molar-refractivity contribution in [2.24, 2.45) is 11.8 Å². The monoisotopic (exact) mass is 177 g/mol. The SMILES string of the molecule is CCC/C=C/[C@H]1CC[C@H](C#N)CC1. The molecule has 1 aliphatic carbocycles. The topological polar surface area (TPSA) is 23.8 Å². The van der Waals surface area contributed by atoms with E-state index in [1.807, 2.05) is 0 Å². The molecular weight excluding hydrogens is 158 g/mol. The molecule has 0 aromatic heterocycles. The normalized spacial score (nSPS) is 28.9. The highest BCUT2D eigenvalue weighted by Crippen LogP contribution is 2.29. The van der Waals surface area contributed by atoms with Crippen molar-refractivity contribution in [1.29, 1.82) is 5.26 Å². The van der Waals surface area contributed by atoms with E-state index in [1.165, 1.54) is 25.7 Å². The Bertz CT molecular complexity index is 192. The van der Waals surface area contributed by atoms with Gasteiger partial charge in [0.15, 0.2) is 0 Å². The van der Waals surface area contributed by atoms with Gasteiger partial charge in [-0.2, -0.15) is 5.26 Å². The number of hydrogen-bond donors (Lipinski definition) is 0. The summed E-state index contributed by atoms with van der Waals surface area (Å²) in [6.45, 7) is 2.21. The van der Waals surface area contributed by atoms with E-state index in [0.29, 0.717) is 5.92 Å². The molecule has 0 aliphatic heterocycles. The molecular formula is C12H19N. The third-order valence-corrected chi connectivity index (χ3v) is 2.82. The summed E-state index contributed by atoms with van der Waals surface area (Å²) in [6, 6.07) is 2.37. The number of nitriles is 1. The highest BCUT2D eigenvalue weighted by molar-refractivity contribution is 4.94. The van der Waals surface area contributed by atoms with Gasteiger partial charge in [0.1, 0.15) is 0 Å². The van der Waals surface area contributed by atoms with Gasteiger partial charge in [-0.1, -0.05) is 25.5 Å². The van der Waals surface area contributed by atoms with Crippen molar-refractivity contribution in [1.82, 2.24) is 0 Å². The van der Waals surface area contributed by atoms with Gasteiger partial charge in [-0.25, -0.2) is 0 Å². The van der Waals surface area contributed by atoms with Crippen molar-refractivity contribution in [2.45, 2.75) is 45.4 Å². The summed E-state index contributed by atoms with van der Waals surface area (Å²) in [5.41, 5.74) is 0. The van der Waals surface area contributed by atoms with E-state index in [4.69, 9.17) is 5.26 Å². The molecule has 1 nitrogen and oxygen atoms in total. The first-order valence-corrected chi connectivity index (χ1v) is 5.43. The van der Waals surface area contributed by atoms with Crippen LogP contribution in [0.5, 0.6) is 0 Å². The molecule has 0 aromatic rings. The molecule has 0 aromatic carbocycles. The maximum atomic E-state index is 8.72. The van der Waals surface area contributed by atoms with E-state index >= 15 is 0 Å². The van der Waals surface area contributed by atoms with E-state index < -0.39 is 0 Å². The number of nitrogens with zero attached hydrogens (tertiary/aromatic N) is 1. The van der Waals surface area contributed by atoms with Crippen LogP contribution in [-0.2, 0) is 0 Å². The van der Waals surface area contributed by atoms with Crippen LogP contribution in [0.3, 0.4) is 0 Å². The van der Waals surface area contributed by atoms with Crippen molar-refractivity contribution in [3.63, 3.8) is 0 Å². The molecule has 0 radical (unpaired) electrons. The second kappa shape index (κ2) is 5.80. The third-order valence-electron chi connectivity index (χ3n) is 2.82. The summed E-state index contributed by atoms with van der Waals surface area (Å²) >= 11 is 0. The molecule has 72 valence electrons. The van der Waals surface area contributed by atoms with Crippen molar-refractivity contribution < 1.29 is 0 Å². The Morgan fingerprint density at radius 2 is 2.00 bits per heavy atom. The summed E-state index contributed by atoms with van der Waals surface area (Å²) in [5, 5.41) is 8.72. The fourth-order valence-corrected chi connectivity index (χ4v) is 1.90. The average Bonchev–Trinajstić information content (AvgIpc) is 2.19. The van der Waals surface area contributed by atoms with Crippen LogP contribution in [0.2, 0.25) is 0 Å². The van der Waals surface area contributed by atoms with Crippen LogP contribution in [0.4, 0.5) is 0 Å². The quantitative estimate of drug-likeness (QED) is 0.603. The van der Waals surface area contributed by atoms with E-state index in [0.717, 1.165) is 18.8 Å². The van der Waals surface area contributed by atoms with E-state index in [1.54, 1.807) is 0 Å². The minimum absolute atomic E-state index is 0.343. The van der Waals surface area contributed by atoms with Crippen LogP contribution in [-0.4, -0.2) is 0 Å². The molecule has 0 amide bonds. The summed E-state index contributed by atoms with van der Waals surface area (Å²) in [4.78, 5) is 0. The molecule has 0 bridgehead atoms. The van der Waals surface area contributed by atoms with Crippen molar-refractivity contribution in [2.75, 3.05) is 0 Å². The number of hydrogen-bond acceptors (Lipinski definition) is 1. The van der Waals surface area contributed by atoms with Crippen LogP contribution < -0.4 is 0 Å². The molecule has 1 saturated carbocycles. The summed E-state index contributed by atoms with van der Waals surface area (Å²) in [5.74, 6) is 1.10. The average molecular weight is 177 g/mol. The zero-order valence-corrected chi connectivity index (χ0v) is 8.50. The summed E-state index contributed by atoms with van der Waals surface area (Å²) < 4.78 is 0. The lowest BCUT2D eigenvalue weighted by Gasteiger charge is -2.21. The van der Waals surface area contributed by atoms with Gasteiger partial charge in [0.2, 0.25) is 0 Å². The van der Waals surface area contributed by atoms with E-state index in [9.17, 15) is 0 Å². The maximum absolute atomic E-state index is 8.72. The van der Waals surface area contributed by atoms with Gasteiger partial charge in [-0.05, 0) is 38.0 Å². The summed E-state index contributed by atoms with van der Waals surface area (Å²) in [6.07, 6.45) is 11.8. The first-order chi connectivity index (χ1) is 6.36. The molecule has 0 unspecified atom stereocenters. The first-order valence-electron chi connectivity index (χ1n) is 5.43. The number of allylic oxidation sites excluding steroid dienone is 2. The Labute approximate surface area is 81.5 Å². The lowest BCUT2D eigenvalue weighted by molar-refractivity contribution is 0.362. The fourth-order valence-electron chi connectivity index (χ4n) is 1.90. The van der Waals surface area contributed by atoms with Crippen molar-refractivity contribution >= 4 is 0 Å². The molecule has 0 atom stereocenters. The Hall–Kier alpha value is -0.770. The Morgan fingerprint density at radius 1 is 1.31 bits per heavy atom. The van der Waals surface area contributed by atoms with Crippen LogP contribution in [0.1, 0.15) is 45.4 Å². The van der Waals surface area contributed by atoms with Gasteiger partial charge >= 0.3 is 0 Å². The predicted molar refractivity (Wildman–Crippen MR) is 55.1 cm³/mol. The fraction of sp³-hybridized carbons (Fsp3) is 0.750. The highest BCUT2D eigenvalue weighted by atomic mass is 14.3. The third kappa shape index (κ3) is 3.63. The van der Waals surface area contributed by atoms with Crippen molar-refractivity contribution in [3.05, 3.63) is 12.2 Å². The molecule has 0 spiro atoms. The van der Waals surface area contributed by atoms with E-state index in [2.05, 4.69) is 25.1 Å². The van der Waals surface area contributed by atoms with Crippen molar-refractivity contribution in [3.8, 4) is 6.07 Å². The predicted octanol–water partition coefficient (Wildman–Crippen LogP) is 3.67. The standard InChI is InChI=1S/C12H19N/c1-2-3-4-5-11-6-8-12(10-13)9-7-11/h4-5,11-12H,2-3,6-9H2,1H3/b5-4+/t11-,12-. The van der Waals surface area contributed by atoms with Gasteiger partial charge in [0.25, 0.3) is 0 Å². The molecule has 13 heavy (non-hydrogen) atoms. The number of rotatable bonds is 3. The van der Waals surface area contributed by atoms with Crippen LogP contribution in [0, 0.1) is 23.2 Å². The second-order valence-corrected chi connectivity index (χ2v) is 3.96. The molecule has 1 fully saturated rings. The zero-order valence-electron chi connectivity index (χ0n) is 8.50. The van der Waals surface area contributed by atoms with E-state index in [-0.39, 0.29) is 0 Å². The van der Waals surface area contributed by atoms with Crippen LogP contribution in [0.25, 0.3) is 0 Å². The van der Waals surface area contributed by atoms with Gasteiger partial charge in [-0.3, -0.25) is 0 Å². The minimum atomic E-state index is 0.343. The maximum Gasteiger partial charge on any atom is 0.0655 e. The first kappa shape index (κ1) is 10.3. The van der Waals surface area contributed by atoms with Crippen LogP contribution in [0.15, 0.2) is 12.2 Å². The largest absolute Gasteiger partial charge is 0.198 e. The lowest BCUT2D eigenvalue weighted by atomic mass is 9.82. The molecule has 1 aliphatic rings. The minimum Gasteiger partial charge on any atom is -0.198 e. The Kier molecular flexibility index (Phi) is 4.60.